The molecule has 3 rings (SSSR count). The molecule has 30 heavy (non-hydrogen) atoms. The molecule has 0 amide bonds. The van der Waals surface area contributed by atoms with Crippen molar-refractivity contribution in [2.45, 2.75) is 39.3 Å². The van der Waals surface area contributed by atoms with Gasteiger partial charge in [0.15, 0.2) is 5.96 Å². The Morgan fingerprint density at radius 2 is 1.97 bits per heavy atom. The van der Waals surface area contributed by atoms with Crippen LogP contribution in [0, 0.1) is 12.8 Å². The van der Waals surface area contributed by atoms with Crippen molar-refractivity contribution in [3.63, 3.8) is 0 Å². The molecular formula is C24H34IN3O2. The predicted molar refractivity (Wildman–Crippen MR) is 134 cm³/mol. The highest BCUT2D eigenvalue weighted by molar-refractivity contribution is 14.0. The van der Waals surface area contributed by atoms with Gasteiger partial charge < -0.3 is 20.1 Å². The Bertz CT molecular complexity index is 798. The summed E-state index contributed by atoms with van der Waals surface area (Å²) in [6.07, 6.45) is 2.39. The summed E-state index contributed by atoms with van der Waals surface area (Å²) in [4.78, 5) is 4.39. The summed E-state index contributed by atoms with van der Waals surface area (Å²) in [5, 5.41) is 6.91. The number of hydrogen-bond donors (Lipinski definition) is 2. The molecule has 2 aromatic rings. The van der Waals surface area contributed by atoms with Crippen molar-refractivity contribution < 1.29 is 9.47 Å². The van der Waals surface area contributed by atoms with Crippen LogP contribution in [-0.2, 0) is 11.3 Å². The summed E-state index contributed by atoms with van der Waals surface area (Å²) in [5.41, 5.74) is 3.58. The van der Waals surface area contributed by atoms with Gasteiger partial charge in [-0.05, 0) is 43.9 Å². The fraction of sp³-hybridized carbons (Fsp3) is 0.458. The molecule has 1 saturated heterocycles. The van der Waals surface area contributed by atoms with Gasteiger partial charge in [-0.2, -0.15) is 0 Å². The number of aryl methyl sites for hydroxylation is 1. The third kappa shape index (κ3) is 6.87. The first-order valence-electron chi connectivity index (χ1n) is 10.5. The number of hydrogen-bond acceptors (Lipinski definition) is 3. The Hall–Kier alpha value is -1.80. The van der Waals surface area contributed by atoms with E-state index in [9.17, 15) is 0 Å². The molecule has 0 aromatic heterocycles. The van der Waals surface area contributed by atoms with Gasteiger partial charge in [-0.1, -0.05) is 42.5 Å². The Morgan fingerprint density at radius 3 is 2.70 bits per heavy atom. The summed E-state index contributed by atoms with van der Waals surface area (Å²) in [5.74, 6) is 2.15. The maximum Gasteiger partial charge on any atom is 0.191 e. The number of guanidine groups is 1. The van der Waals surface area contributed by atoms with Gasteiger partial charge in [0, 0.05) is 38.2 Å². The smallest absolute Gasteiger partial charge is 0.191 e. The van der Waals surface area contributed by atoms with Crippen LogP contribution in [0.3, 0.4) is 0 Å². The van der Waals surface area contributed by atoms with Crippen molar-refractivity contribution in [3.8, 4) is 5.75 Å². The Labute approximate surface area is 197 Å². The second-order valence-corrected chi connectivity index (χ2v) is 7.46. The van der Waals surface area contributed by atoms with Gasteiger partial charge in [0.1, 0.15) is 5.75 Å². The van der Waals surface area contributed by atoms with Crippen LogP contribution in [0.1, 0.15) is 42.6 Å². The summed E-state index contributed by atoms with van der Waals surface area (Å²) < 4.78 is 11.9. The first kappa shape index (κ1) is 24.5. The Balaban J connectivity index is 0.00000320. The second-order valence-electron chi connectivity index (χ2n) is 7.46. The van der Waals surface area contributed by atoms with Crippen molar-refractivity contribution in [1.82, 2.24) is 10.6 Å². The molecule has 1 aliphatic heterocycles. The lowest BCUT2D eigenvalue weighted by Gasteiger charge is -2.32. The van der Waals surface area contributed by atoms with E-state index in [-0.39, 0.29) is 30.1 Å². The zero-order chi connectivity index (χ0) is 20.5. The first-order valence-corrected chi connectivity index (χ1v) is 10.5. The van der Waals surface area contributed by atoms with E-state index < -0.39 is 0 Å². The Kier molecular flexibility index (Phi) is 10.4. The van der Waals surface area contributed by atoms with E-state index in [1.165, 1.54) is 11.1 Å². The van der Waals surface area contributed by atoms with Crippen molar-refractivity contribution >= 4 is 29.9 Å². The molecule has 0 radical (unpaired) electrons. The standard InChI is InChI=1S/C24H33N3O2.HI/c1-4-28-22-15-18(2)12-13-20(22)16-26-24(25-3)27-17-21-11-8-14-29-23(21)19-9-6-5-7-10-19;/h5-7,9-10,12-13,15,21,23H,4,8,11,14,16-17H2,1-3H3,(H2,25,26,27);1H. The number of halogens is 1. The summed E-state index contributed by atoms with van der Waals surface area (Å²) in [6.45, 7) is 7.07. The number of aliphatic imine (C=N–C) groups is 1. The third-order valence-electron chi connectivity index (χ3n) is 5.30. The molecule has 0 spiro atoms. The highest BCUT2D eigenvalue weighted by Crippen LogP contribution is 2.33. The van der Waals surface area contributed by atoms with Crippen LogP contribution in [-0.4, -0.2) is 32.8 Å². The van der Waals surface area contributed by atoms with Crippen molar-refractivity contribution in [2.75, 3.05) is 26.8 Å². The first-order chi connectivity index (χ1) is 14.2. The minimum atomic E-state index is 0. The largest absolute Gasteiger partial charge is 0.494 e. The maximum absolute atomic E-state index is 6.11. The lowest BCUT2D eigenvalue weighted by Crippen LogP contribution is -2.41. The summed E-state index contributed by atoms with van der Waals surface area (Å²) in [6, 6.07) is 16.8. The van der Waals surface area contributed by atoms with E-state index in [1.54, 1.807) is 7.05 Å². The topological polar surface area (TPSA) is 54.9 Å². The molecule has 2 aromatic carbocycles. The van der Waals surface area contributed by atoms with Gasteiger partial charge in [0.25, 0.3) is 0 Å². The molecule has 0 saturated carbocycles. The van der Waals surface area contributed by atoms with Crippen molar-refractivity contribution in [2.24, 2.45) is 10.9 Å². The van der Waals surface area contributed by atoms with Crippen LogP contribution < -0.4 is 15.4 Å². The second kappa shape index (κ2) is 12.8. The lowest BCUT2D eigenvalue weighted by molar-refractivity contribution is -0.0265. The average molecular weight is 523 g/mol. The molecular weight excluding hydrogens is 489 g/mol. The molecule has 164 valence electrons. The molecule has 1 heterocycles. The molecule has 2 atom stereocenters. The van der Waals surface area contributed by atoms with E-state index in [1.807, 2.05) is 13.0 Å². The van der Waals surface area contributed by atoms with Gasteiger partial charge in [-0.3, -0.25) is 4.99 Å². The summed E-state index contributed by atoms with van der Waals surface area (Å²) in [7, 11) is 1.81. The maximum atomic E-state index is 6.11. The SMILES string of the molecule is CCOc1cc(C)ccc1CNC(=NC)NCC1CCCOC1c1ccccc1.I. The number of nitrogens with one attached hydrogen (secondary N) is 2. The van der Waals surface area contributed by atoms with Crippen LogP contribution in [0.4, 0.5) is 0 Å². The van der Waals surface area contributed by atoms with E-state index in [0.717, 1.165) is 43.3 Å². The average Bonchev–Trinajstić information content (AvgIpc) is 2.76. The van der Waals surface area contributed by atoms with Gasteiger partial charge in [-0.15, -0.1) is 24.0 Å². The lowest BCUT2D eigenvalue weighted by atomic mass is 9.89. The molecule has 1 fully saturated rings. The summed E-state index contributed by atoms with van der Waals surface area (Å²) >= 11 is 0. The number of ether oxygens (including phenoxy) is 2. The Morgan fingerprint density at radius 1 is 1.17 bits per heavy atom. The highest BCUT2D eigenvalue weighted by atomic mass is 127. The van der Waals surface area contributed by atoms with Crippen LogP contribution in [0.25, 0.3) is 0 Å². The zero-order valence-electron chi connectivity index (χ0n) is 18.2. The van der Waals surface area contributed by atoms with Crippen LogP contribution >= 0.6 is 24.0 Å². The fourth-order valence-electron chi connectivity index (χ4n) is 3.79. The molecule has 6 heteroatoms. The monoisotopic (exact) mass is 523 g/mol. The van der Waals surface area contributed by atoms with Gasteiger partial charge in [0.05, 0.1) is 12.7 Å². The van der Waals surface area contributed by atoms with Gasteiger partial charge in [-0.25, -0.2) is 0 Å². The number of benzene rings is 2. The highest BCUT2D eigenvalue weighted by Gasteiger charge is 2.27. The number of rotatable bonds is 7. The third-order valence-corrected chi connectivity index (χ3v) is 5.30. The van der Waals surface area contributed by atoms with Crippen LogP contribution in [0.5, 0.6) is 5.75 Å². The van der Waals surface area contributed by atoms with Crippen LogP contribution in [0.2, 0.25) is 0 Å². The molecule has 2 N–H and O–H groups in total. The van der Waals surface area contributed by atoms with E-state index in [4.69, 9.17) is 9.47 Å². The molecule has 0 bridgehead atoms. The van der Waals surface area contributed by atoms with Crippen molar-refractivity contribution in [3.05, 3.63) is 65.2 Å². The molecule has 5 nitrogen and oxygen atoms in total. The van der Waals surface area contributed by atoms with Gasteiger partial charge >= 0.3 is 0 Å². The molecule has 0 aliphatic carbocycles. The number of nitrogens with zero attached hydrogens (tertiary/aromatic N) is 1. The van der Waals surface area contributed by atoms with Gasteiger partial charge in [0.2, 0.25) is 0 Å². The predicted octanol–water partition coefficient (Wildman–Crippen LogP) is 4.84. The van der Waals surface area contributed by atoms with E-state index in [2.05, 4.69) is 65.0 Å². The van der Waals surface area contributed by atoms with Crippen LogP contribution in [0.15, 0.2) is 53.5 Å². The van der Waals surface area contributed by atoms with E-state index >= 15 is 0 Å². The molecule has 1 aliphatic rings. The quantitative estimate of drug-likeness (QED) is 0.310. The zero-order valence-corrected chi connectivity index (χ0v) is 20.5. The van der Waals surface area contributed by atoms with Crippen molar-refractivity contribution in [1.29, 1.82) is 0 Å². The normalized spacial score (nSPS) is 19.0. The van der Waals surface area contributed by atoms with E-state index in [0.29, 0.717) is 19.1 Å². The molecule has 2 unspecified atom stereocenters. The minimum absolute atomic E-state index is 0. The minimum Gasteiger partial charge on any atom is -0.494 e. The fourth-order valence-corrected chi connectivity index (χ4v) is 3.79.